The van der Waals surface area contributed by atoms with E-state index in [9.17, 15) is 4.79 Å². The molecule has 1 aromatic heterocycles. The fourth-order valence-electron chi connectivity index (χ4n) is 3.59. The van der Waals surface area contributed by atoms with E-state index in [0.717, 1.165) is 36.6 Å². The van der Waals surface area contributed by atoms with Crippen LogP contribution in [0.4, 0.5) is 0 Å². The van der Waals surface area contributed by atoms with Crippen LogP contribution in [-0.4, -0.2) is 46.8 Å². The molecule has 0 spiro atoms. The van der Waals surface area contributed by atoms with Crippen LogP contribution in [0.1, 0.15) is 40.9 Å². The van der Waals surface area contributed by atoms with Gasteiger partial charge in [0.15, 0.2) is 0 Å². The van der Waals surface area contributed by atoms with Crippen LogP contribution < -0.4 is 5.32 Å². The lowest BCUT2D eigenvalue weighted by Gasteiger charge is -2.14. The molecule has 0 radical (unpaired) electrons. The molecular formula is C21H30N4O. The minimum Gasteiger partial charge on any atom is -0.355 e. The van der Waals surface area contributed by atoms with Crippen molar-refractivity contribution < 1.29 is 4.79 Å². The van der Waals surface area contributed by atoms with Gasteiger partial charge in [-0.1, -0.05) is 29.8 Å². The zero-order chi connectivity index (χ0) is 18.5. The maximum Gasteiger partial charge on any atom is 0.224 e. The number of nitrogens with one attached hydrogen (secondary N) is 1. The normalized spacial score (nSPS) is 14.7. The van der Waals surface area contributed by atoms with E-state index in [0.29, 0.717) is 6.42 Å². The van der Waals surface area contributed by atoms with Crippen molar-refractivity contribution in [2.45, 2.75) is 46.6 Å². The van der Waals surface area contributed by atoms with E-state index in [1.807, 2.05) is 11.6 Å². The largest absolute Gasteiger partial charge is 0.355 e. The average molecular weight is 354 g/mol. The number of carbonyl (C=O) groups is 1. The minimum absolute atomic E-state index is 0.0882. The lowest BCUT2D eigenvalue weighted by atomic mass is 10.1. The van der Waals surface area contributed by atoms with Gasteiger partial charge in [0.2, 0.25) is 5.91 Å². The second-order valence-electron chi connectivity index (χ2n) is 7.37. The van der Waals surface area contributed by atoms with E-state index in [1.54, 1.807) is 0 Å². The Balaban J connectivity index is 1.56. The molecule has 1 N–H and O–H groups in total. The number of rotatable bonds is 7. The van der Waals surface area contributed by atoms with Gasteiger partial charge in [-0.15, -0.1) is 0 Å². The molecule has 1 aromatic carbocycles. The molecule has 1 saturated heterocycles. The molecule has 3 rings (SSSR count). The highest BCUT2D eigenvalue weighted by Gasteiger charge is 2.16. The molecule has 1 aliphatic heterocycles. The van der Waals surface area contributed by atoms with Crippen molar-refractivity contribution in [3.8, 4) is 0 Å². The predicted octanol–water partition coefficient (Wildman–Crippen LogP) is 2.61. The fourth-order valence-corrected chi connectivity index (χ4v) is 3.59. The van der Waals surface area contributed by atoms with Gasteiger partial charge >= 0.3 is 0 Å². The molecule has 0 unspecified atom stereocenters. The number of benzene rings is 1. The fraction of sp³-hybridized carbons (Fsp3) is 0.524. The monoisotopic (exact) mass is 354 g/mol. The smallest absolute Gasteiger partial charge is 0.224 e. The third kappa shape index (κ3) is 4.73. The Morgan fingerprint density at radius 3 is 2.50 bits per heavy atom. The second kappa shape index (κ2) is 8.49. The number of likely N-dealkylation sites (tertiary alicyclic amines) is 1. The summed E-state index contributed by atoms with van der Waals surface area (Å²) in [6, 6.07) is 8.51. The number of amides is 1. The quantitative estimate of drug-likeness (QED) is 0.831. The van der Waals surface area contributed by atoms with Crippen molar-refractivity contribution in [3.05, 3.63) is 52.3 Å². The van der Waals surface area contributed by atoms with Gasteiger partial charge in [0.05, 0.1) is 18.7 Å². The van der Waals surface area contributed by atoms with Gasteiger partial charge in [0.1, 0.15) is 0 Å². The van der Waals surface area contributed by atoms with E-state index in [4.69, 9.17) is 0 Å². The van der Waals surface area contributed by atoms with Crippen LogP contribution in [0.25, 0.3) is 0 Å². The Morgan fingerprint density at radius 2 is 1.81 bits per heavy atom. The number of hydrogen-bond donors (Lipinski definition) is 1. The highest BCUT2D eigenvalue weighted by Crippen LogP contribution is 2.16. The first-order chi connectivity index (χ1) is 12.5. The van der Waals surface area contributed by atoms with E-state index >= 15 is 0 Å². The minimum atomic E-state index is 0.0882. The summed E-state index contributed by atoms with van der Waals surface area (Å²) in [5.41, 5.74) is 5.56. The van der Waals surface area contributed by atoms with Crippen molar-refractivity contribution in [1.82, 2.24) is 20.0 Å². The molecule has 1 aliphatic rings. The van der Waals surface area contributed by atoms with Crippen LogP contribution in [0.15, 0.2) is 24.3 Å². The predicted molar refractivity (Wildman–Crippen MR) is 104 cm³/mol. The molecule has 5 heteroatoms. The van der Waals surface area contributed by atoms with Gasteiger partial charge in [-0.3, -0.25) is 9.48 Å². The van der Waals surface area contributed by atoms with Gasteiger partial charge in [-0.2, -0.15) is 5.10 Å². The summed E-state index contributed by atoms with van der Waals surface area (Å²) in [5, 5.41) is 7.71. The summed E-state index contributed by atoms with van der Waals surface area (Å²) in [4.78, 5) is 14.7. The second-order valence-corrected chi connectivity index (χ2v) is 7.37. The maximum atomic E-state index is 12.3. The lowest BCUT2D eigenvalue weighted by Crippen LogP contribution is -2.34. The molecule has 0 bridgehead atoms. The maximum absolute atomic E-state index is 12.3. The van der Waals surface area contributed by atoms with Gasteiger partial charge in [-0.05, 0) is 52.3 Å². The number of aromatic nitrogens is 2. The van der Waals surface area contributed by atoms with Crippen LogP contribution in [0, 0.1) is 20.8 Å². The Hall–Kier alpha value is -2.14. The molecule has 1 fully saturated rings. The van der Waals surface area contributed by atoms with E-state index in [1.165, 1.54) is 37.1 Å². The van der Waals surface area contributed by atoms with Crippen molar-refractivity contribution in [1.29, 1.82) is 0 Å². The number of aryl methyl sites for hydroxylation is 2. The molecule has 5 nitrogen and oxygen atoms in total. The van der Waals surface area contributed by atoms with Crippen LogP contribution in [0.2, 0.25) is 0 Å². The molecule has 2 aromatic rings. The first-order valence-electron chi connectivity index (χ1n) is 9.60. The summed E-state index contributed by atoms with van der Waals surface area (Å²) in [6.45, 7) is 10.9. The standard InChI is InChI=1S/C21H30N4O/c1-16-6-8-19(9-7-16)15-25-18(3)20(17(2)23-25)14-21(26)22-10-13-24-11-4-5-12-24/h6-9H,4-5,10-15H2,1-3H3,(H,22,26). The zero-order valence-corrected chi connectivity index (χ0v) is 16.2. The Labute approximate surface area is 156 Å². The molecule has 26 heavy (non-hydrogen) atoms. The third-order valence-electron chi connectivity index (χ3n) is 5.27. The lowest BCUT2D eigenvalue weighted by molar-refractivity contribution is -0.120. The Kier molecular flexibility index (Phi) is 6.09. The molecule has 0 aliphatic carbocycles. The summed E-state index contributed by atoms with van der Waals surface area (Å²) in [6.07, 6.45) is 2.98. The summed E-state index contributed by atoms with van der Waals surface area (Å²) in [5.74, 6) is 0.0882. The number of carbonyl (C=O) groups excluding carboxylic acids is 1. The highest BCUT2D eigenvalue weighted by molar-refractivity contribution is 5.79. The van der Waals surface area contributed by atoms with Gasteiger partial charge in [0, 0.05) is 24.3 Å². The Bertz CT molecular complexity index is 742. The van der Waals surface area contributed by atoms with Crippen LogP contribution in [-0.2, 0) is 17.8 Å². The van der Waals surface area contributed by atoms with E-state index < -0.39 is 0 Å². The van der Waals surface area contributed by atoms with Crippen molar-refractivity contribution >= 4 is 5.91 Å². The zero-order valence-electron chi connectivity index (χ0n) is 16.2. The van der Waals surface area contributed by atoms with Crippen molar-refractivity contribution in [3.63, 3.8) is 0 Å². The third-order valence-corrected chi connectivity index (χ3v) is 5.27. The molecule has 2 heterocycles. The SMILES string of the molecule is Cc1ccc(Cn2nc(C)c(CC(=O)NCCN3CCCC3)c2C)cc1. The number of nitrogens with zero attached hydrogens (tertiary/aromatic N) is 3. The molecular weight excluding hydrogens is 324 g/mol. The molecule has 140 valence electrons. The van der Waals surface area contributed by atoms with Crippen molar-refractivity contribution in [2.75, 3.05) is 26.2 Å². The first-order valence-corrected chi connectivity index (χ1v) is 9.60. The van der Waals surface area contributed by atoms with Crippen LogP contribution in [0.3, 0.4) is 0 Å². The van der Waals surface area contributed by atoms with Crippen LogP contribution >= 0.6 is 0 Å². The van der Waals surface area contributed by atoms with E-state index in [2.05, 4.69) is 53.4 Å². The number of hydrogen-bond acceptors (Lipinski definition) is 3. The summed E-state index contributed by atoms with van der Waals surface area (Å²) < 4.78 is 2.01. The van der Waals surface area contributed by atoms with Gasteiger partial charge < -0.3 is 10.2 Å². The first kappa shape index (κ1) is 18.6. The van der Waals surface area contributed by atoms with Gasteiger partial charge in [0.25, 0.3) is 0 Å². The molecule has 0 saturated carbocycles. The summed E-state index contributed by atoms with van der Waals surface area (Å²) in [7, 11) is 0. The van der Waals surface area contributed by atoms with Gasteiger partial charge in [-0.25, -0.2) is 0 Å². The average Bonchev–Trinajstić information content (AvgIpc) is 3.21. The van der Waals surface area contributed by atoms with Crippen LogP contribution in [0.5, 0.6) is 0 Å². The molecule has 0 atom stereocenters. The van der Waals surface area contributed by atoms with E-state index in [-0.39, 0.29) is 5.91 Å². The molecule has 1 amide bonds. The topological polar surface area (TPSA) is 50.2 Å². The summed E-state index contributed by atoms with van der Waals surface area (Å²) >= 11 is 0. The Morgan fingerprint density at radius 1 is 1.12 bits per heavy atom. The highest BCUT2D eigenvalue weighted by atomic mass is 16.1. The van der Waals surface area contributed by atoms with Crippen molar-refractivity contribution in [2.24, 2.45) is 0 Å².